The molecule has 29 heavy (non-hydrogen) atoms. The number of urea groups is 1. The Balaban J connectivity index is 1.60. The second kappa shape index (κ2) is 8.08. The first-order valence-corrected chi connectivity index (χ1v) is 9.65. The fourth-order valence-electron chi connectivity index (χ4n) is 3.96. The third-order valence-electron chi connectivity index (χ3n) is 5.39. The molecule has 1 aromatic heterocycles. The summed E-state index contributed by atoms with van der Waals surface area (Å²) in [4.78, 5) is 40.9. The Morgan fingerprint density at radius 2 is 1.97 bits per heavy atom. The normalized spacial score (nSPS) is 21.8. The van der Waals surface area contributed by atoms with Gasteiger partial charge in [-0.25, -0.2) is 9.59 Å². The van der Waals surface area contributed by atoms with Gasteiger partial charge >= 0.3 is 12.0 Å². The average molecular weight is 397 g/mol. The molecule has 1 N–H and O–H groups in total. The quantitative estimate of drug-likeness (QED) is 0.778. The van der Waals surface area contributed by atoms with Crippen LogP contribution in [0, 0.1) is 0 Å². The van der Waals surface area contributed by atoms with E-state index in [1.807, 2.05) is 30.3 Å². The van der Waals surface area contributed by atoms with Crippen LogP contribution >= 0.6 is 0 Å². The standard InChI is InChI=1S/C21H23N3O5/c1-28-20(26)17-10-9-15(29-17)13-23-16-8-5-11-22-18(16)19(25)24(21(23)27)12-14-6-3-2-4-7-14/h2-4,6-7,9-10,16,18,22H,5,8,11-13H2,1H3. The van der Waals surface area contributed by atoms with Crippen LogP contribution < -0.4 is 5.32 Å². The number of benzene rings is 1. The summed E-state index contributed by atoms with van der Waals surface area (Å²) >= 11 is 0. The van der Waals surface area contributed by atoms with Gasteiger partial charge in [-0.2, -0.15) is 0 Å². The minimum Gasteiger partial charge on any atom is -0.463 e. The Morgan fingerprint density at radius 1 is 1.17 bits per heavy atom. The molecule has 2 aromatic rings. The monoisotopic (exact) mass is 397 g/mol. The summed E-state index contributed by atoms with van der Waals surface area (Å²) in [6, 6.07) is 11.6. The molecule has 0 bridgehead atoms. The molecular formula is C21H23N3O5. The van der Waals surface area contributed by atoms with Crippen LogP contribution in [0.2, 0.25) is 0 Å². The van der Waals surface area contributed by atoms with Crippen molar-refractivity contribution in [3.8, 4) is 0 Å². The Labute approximate surface area is 168 Å². The summed E-state index contributed by atoms with van der Waals surface area (Å²) in [5.41, 5.74) is 0.884. The Bertz CT molecular complexity index is 910. The van der Waals surface area contributed by atoms with E-state index in [1.165, 1.54) is 18.1 Å². The number of furan rings is 1. The van der Waals surface area contributed by atoms with Crippen molar-refractivity contribution in [1.29, 1.82) is 0 Å². The number of nitrogens with zero attached hydrogens (tertiary/aromatic N) is 2. The number of carbonyl (C=O) groups excluding carboxylic acids is 3. The zero-order valence-corrected chi connectivity index (χ0v) is 16.2. The first-order chi connectivity index (χ1) is 14.1. The van der Waals surface area contributed by atoms with Gasteiger partial charge < -0.3 is 19.4 Å². The third kappa shape index (κ3) is 3.75. The number of esters is 1. The summed E-state index contributed by atoms with van der Waals surface area (Å²) in [6.07, 6.45) is 1.61. The molecule has 2 atom stereocenters. The van der Waals surface area contributed by atoms with E-state index >= 15 is 0 Å². The molecule has 2 fully saturated rings. The number of nitrogens with one attached hydrogen (secondary N) is 1. The minimum atomic E-state index is -0.570. The Kier molecular flexibility index (Phi) is 5.35. The van der Waals surface area contributed by atoms with Gasteiger partial charge in [0, 0.05) is 0 Å². The molecule has 152 valence electrons. The fraction of sp³-hybridized carbons (Fsp3) is 0.381. The van der Waals surface area contributed by atoms with Crippen LogP contribution in [0.5, 0.6) is 0 Å². The number of hydrogen-bond acceptors (Lipinski definition) is 6. The zero-order chi connectivity index (χ0) is 20.4. The molecule has 0 radical (unpaired) electrons. The zero-order valence-electron chi connectivity index (χ0n) is 16.2. The highest BCUT2D eigenvalue weighted by Gasteiger charge is 2.47. The third-order valence-corrected chi connectivity index (χ3v) is 5.39. The highest BCUT2D eigenvalue weighted by Crippen LogP contribution is 2.28. The maximum atomic E-state index is 13.3. The molecule has 0 aliphatic carbocycles. The Hall–Kier alpha value is -3.13. The van der Waals surface area contributed by atoms with Gasteiger partial charge in [0.05, 0.1) is 26.2 Å². The number of imide groups is 1. The maximum Gasteiger partial charge on any atom is 0.373 e. The minimum absolute atomic E-state index is 0.0856. The number of fused-ring (bicyclic) bond motifs is 1. The lowest BCUT2D eigenvalue weighted by Gasteiger charge is -2.46. The average Bonchev–Trinajstić information content (AvgIpc) is 3.23. The molecular weight excluding hydrogens is 374 g/mol. The highest BCUT2D eigenvalue weighted by molar-refractivity contribution is 6.00. The summed E-state index contributed by atoms with van der Waals surface area (Å²) in [7, 11) is 1.28. The van der Waals surface area contributed by atoms with Crippen molar-refractivity contribution in [2.24, 2.45) is 0 Å². The number of amides is 3. The predicted octanol–water partition coefficient (Wildman–Crippen LogP) is 2.15. The van der Waals surface area contributed by atoms with Crippen molar-refractivity contribution in [3.63, 3.8) is 0 Å². The second-order valence-corrected chi connectivity index (χ2v) is 7.22. The summed E-state index contributed by atoms with van der Waals surface area (Å²) in [5, 5.41) is 3.27. The van der Waals surface area contributed by atoms with Crippen LogP contribution in [0.4, 0.5) is 4.79 Å². The lowest BCUT2D eigenvalue weighted by Crippen LogP contribution is -2.68. The molecule has 2 saturated heterocycles. The van der Waals surface area contributed by atoms with Gasteiger partial charge in [-0.15, -0.1) is 0 Å². The van der Waals surface area contributed by atoms with Crippen molar-refractivity contribution in [1.82, 2.24) is 15.1 Å². The number of methoxy groups -OCH3 is 1. The first kappa shape index (κ1) is 19.2. The van der Waals surface area contributed by atoms with E-state index < -0.39 is 12.0 Å². The van der Waals surface area contributed by atoms with E-state index in [0.717, 1.165) is 24.9 Å². The van der Waals surface area contributed by atoms with Crippen LogP contribution in [0.3, 0.4) is 0 Å². The predicted molar refractivity (Wildman–Crippen MR) is 103 cm³/mol. The van der Waals surface area contributed by atoms with Gasteiger partial charge in [0.25, 0.3) is 0 Å². The second-order valence-electron chi connectivity index (χ2n) is 7.22. The molecule has 8 heteroatoms. The highest BCUT2D eigenvalue weighted by atomic mass is 16.5. The van der Waals surface area contributed by atoms with Crippen molar-refractivity contribution in [2.75, 3.05) is 13.7 Å². The lowest BCUT2D eigenvalue weighted by molar-refractivity contribution is -0.137. The van der Waals surface area contributed by atoms with Crippen molar-refractivity contribution >= 4 is 17.9 Å². The van der Waals surface area contributed by atoms with Crippen molar-refractivity contribution < 1.29 is 23.5 Å². The van der Waals surface area contributed by atoms with E-state index in [1.54, 1.807) is 11.0 Å². The summed E-state index contributed by atoms with van der Waals surface area (Å²) in [6.45, 7) is 1.13. The van der Waals surface area contributed by atoms with Crippen molar-refractivity contribution in [2.45, 2.75) is 38.0 Å². The topological polar surface area (TPSA) is 92.1 Å². The molecule has 3 heterocycles. The summed E-state index contributed by atoms with van der Waals surface area (Å²) in [5.74, 6) is -0.214. The van der Waals surface area contributed by atoms with Crippen LogP contribution in [0.1, 0.15) is 34.7 Å². The number of carbonyl (C=O) groups is 3. The van der Waals surface area contributed by atoms with E-state index in [2.05, 4.69) is 10.1 Å². The summed E-state index contributed by atoms with van der Waals surface area (Å²) < 4.78 is 10.2. The molecule has 2 aliphatic heterocycles. The van der Waals surface area contributed by atoms with E-state index in [-0.39, 0.29) is 36.8 Å². The van der Waals surface area contributed by atoms with Crippen LogP contribution in [0.25, 0.3) is 0 Å². The van der Waals surface area contributed by atoms with E-state index in [9.17, 15) is 14.4 Å². The maximum absolute atomic E-state index is 13.3. The number of piperidine rings is 1. The first-order valence-electron chi connectivity index (χ1n) is 9.65. The van der Waals surface area contributed by atoms with Gasteiger partial charge in [-0.3, -0.25) is 9.69 Å². The molecule has 2 aliphatic rings. The fourth-order valence-corrected chi connectivity index (χ4v) is 3.96. The smallest absolute Gasteiger partial charge is 0.373 e. The Morgan fingerprint density at radius 3 is 2.72 bits per heavy atom. The molecule has 3 amide bonds. The van der Waals surface area contributed by atoms with Crippen LogP contribution in [-0.4, -0.2) is 53.4 Å². The van der Waals surface area contributed by atoms with Gasteiger partial charge in [0.2, 0.25) is 11.7 Å². The number of rotatable bonds is 5. The van der Waals surface area contributed by atoms with Gasteiger partial charge in [0.15, 0.2) is 0 Å². The molecule has 2 unspecified atom stereocenters. The number of ether oxygens (including phenoxy) is 1. The van der Waals surface area contributed by atoms with E-state index in [0.29, 0.717) is 5.76 Å². The van der Waals surface area contributed by atoms with Gasteiger partial charge in [0.1, 0.15) is 11.8 Å². The van der Waals surface area contributed by atoms with E-state index in [4.69, 9.17) is 4.42 Å². The molecule has 8 nitrogen and oxygen atoms in total. The molecule has 0 saturated carbocycles. The number of hydrogen-bond donors (Lipinski definition) is 1. The van der Waals surface area contributed by atoms with Crippen LogP contribution in [-0.2, 0) is 22.6 Å². The van der Waals surface area contributed by atoms with Gasteiger partial charge in [-0.1, -0.05) is 30.3 Å². The molecule has 1 aromatic carbocycles. The van der Waals surface area contributed by atoms with Crippen molar-refractivity contribution in [3.05, 3.63) is 59.5 Å². The molecule has 4 rings (SSSR count). The molecule has 0 spiro atoms. The van der Waals surface area contributed by atoms with Crippen LogP contribution in [0.15, 0.2) is 46.9 Å². The largest absolute Gasteiger partial charge is 0.463 e. The van der Waals surface area contributed by atoms with Gasteiger partial charge in [-0.05, 0) is 37.1 Å². The lowest BCUT2D eigenvalue weighted by atomic mass is 9.93. The SMILES string of the molecule is COC(=O)c1ccc(CN2C(=O)N(Cc3ccccc3)C(=O)C3NCCCC32)o1.